The summed E-state index contributed by atoms with van der Waals surface area (Å²) in [5.41, 5.74) is 1.80. The van der Waals surface area contributed by atoms with Crippen LogP contribution in [0.4, 0.5) is 0 Å². The van der Waals surface area contributed by atoms with Crippen LogP contribution in [0.5, 0.6) is 0 Å². The van der Waals surface area contributed by atoms with Gasteiger partial charge in [-0.2, -0.15) is 0 Å². The van der Waals surface area contributed by atoms with Crippen LogP contribution in [0.2, 0.25) is 0 Å². The molecule has 1 aliphatic rings. The highest BCUT2D eigenvalue weighted by molar-refractivity contribution is 5.23. The van der Waals surface area contributed by atoms with Gasteiger partial charge in [0.2, 0.25) is 0 Å². The molecule has 0 bridgehead atoms. The quantitative estimate of drug-likeness (QED) is 0.819. The molecule has 4 unspecified atom stereocenters. The van der Waals surface area contributed by atoms with Crippen LogP contribution in [0.15, 0.2) is 30.3 Å². The fourth-order valence-corrected chi connectivity index (χ4v) is 3.12. The zero-order chi connectivity index (χ0) is 11.8. The Morgan fingerprint density at radius 1 is 1.31 bits per heavy atom. The van der Waals surface area contributed by atoms with Crippen LogP contribution < -0.4 is 0 Å². The molecule has 1 aromatic carbocycles. The molecule has 0 heterocycles. The van der Waals surface area contributed by atoms with E-state index in [1.807, 2.05) is 6.92 Å². The molecule has 1 aromatic rings. The Morgan fingerprint density at radius 2 is 1.94 bits per heavy atom. The highest BCUT2D eigenvalue weighted by Crippen LogP contribution is 2.61. The average molecular weight is 218 g/mol. The molecule has 0 aromatic heterocycles. The molecule has 0 spiro atoms. The van der Waals surface area contributed by atoms with Gasteiger partial charge in [-0.05, 0) is 42.6 Å². The van der Waals surface area contributed by atoms with Gasteiger partial charge in [0.15, 0.2) is 0 Å². The fraction of sp³-hybridized carbons (Fsp3) is 0.600. The van der Waals surface area contributed by atoms with Crippen molar-refractivity contribution in [2.75, 3.05) is 0 Å². The molecular formula is C15H22O. The van der Waals surface area contributed by atoms with Crippen molar-refractivity contribution in [1.82, 2.24) is 0 Å². The summed E-state index contributed by atoms with van der Waals surface area (Å²) in [7, 11) is 0. The molecule has 0 aliphatic heterocycles. The SMILES string of the molecule is CC(O)CC1(C)CC1C(C)c1ccccc1. The topological polar surface area (TPSA) is 20.2 Å². The smallest absolute Gasteiger partial charge is 0.0517 e. The number of hydrogen-bond acceptors (Lipinski definition) is 1. The Morgan fingerprint density at radius 3 is 2.50 bits per heavy atom. The van der Waals surface area contributed by atoms with Crippen LogP contribution in [0.25, 0.3) is 0 Å². The largest absolute Gasteiger partial charge is 0.393 e. The summed E-state index contributed by atoms with van der Waals surface area (Å²) in [6.45, 7) is 6.52. The zero-order valence-electron chi connectivity index (χ0n) is 10.5. The third-order valence-electron chi connectivity index (χ3n) is 4.11. The molecule has 1 aliphatic carbocycles. The van der Waals surface area contributed by atoms with Crippen LogP contribution in [0, 0.1) is 11.3 Å². The van der Waals surface area contributed by atoms with Gasteiger partial charge < -0.3 is 5.11 Å². The van der Waals surface area contributed by atoms with Crippen LogP contribution >= 0.6 is 0 Å². The standard InChI is InChI=1S/C15H22O/c1-11(16)9-15(3)10-14(15)12(2)13-7-5-4-6-8-13/h4-8,11-12,14,16H,9-10H2,1-3H3. The predicted molar refractivity (Wildman–Crippen MR) is 67.4 cm³/mol. The molecule has 1 nitrogen and oxygen atoms in total. The lowest BCUT2D eigenvalue weighted by molar-refractivity contribution is 0.152. The monoisotopic (exact) mass is 218 g/mol. The molecule has 16 heavy (non-hydrogen) atoms. The van der Waals surface area contributed by atoms with Gasteiger partial charge in [-0.1, -0.05) is 44.2 Å². The van der Waals surface area contributed by atoms with Crippen molar-refractivity contribution >= 4 is 0 Å². The number of hydrogen-bond donors (Lipinski definition) is 1. The van der Waals surface area contributed by atoms with Gasteiger partial charge in [0.05, 0.1) is 6.10 Å². The summed E-state index contributed by atoms with van der Waals surface area (Å²) in [6.07, 6.45) is 2.03. The molecule has 0 amide bonds. The summed E-state index contributed by atoms with van der Waals surface area (Å²) in [4.78, 5) is 0. The Labute approximate surface area is 98.5 Å². The van der Waals surface area contributed by atoms with Crippen molar-refractivity contribution in [3.63, 3.8) is 0 Å². The highest BCUT2D eigenvalue weighted by atomic mass is 16.3. The molecule has 88 valence electrons. The number of aliphatic hydroxyl groups excluding tert-OH is 1. The van der Waals surface area contributed by atoms with Crippen LogP contribution in [-0.4, -0.2) is 11.2 Å². The zero-order valence-corrected chi connectivity index (χ0v) is 10.5. The van der Waals surface area contributed by atoms with Gasteiger partial charge in [-0.25, -0.2) is 0 Å². The lowest BCUT2D eigenvalue weighted by atomic mass is 9.88. The lowest BCUT2D eigenvalue weighted by Crippen LogP contribution is -2.12. The van der Waals surface area contributed by atoms with Crippen LogP contribution in [0.1, 0.15) is 45.1 Å². The van der Waals surface area contributed by atoms with E-state index in [0.29, 0.717) is 11.3 Å². The molecular weight excluding hydrogens is 196 g/mol. The Kier molecular flexibility index (Phi) is 3.07. The Hall–Kier alpha value is -0.820. The first kappa shape index (κ1) is 11.7. The van der Waals surface area contributed by atoms with Crippen molar-refractivity contribution in [1.29, 1.82) is 0 Å². The van der Waals surface area contributed by atoms with E-state index in [2.05, 4.69) is 44.2 Å². The van der Waals surface area contributed by atoms with E-state index < -0.39 is 0 Å². The van der Waals surface area contributed by atoms with E-state index in [1.54, 1.807) is 0 Å². The first-order chi connectivity index (χ1) is 7.53. The molecule has 2 rings (SSSR count). The number of aliphatic hydroxyl groups is 1. The maximum Gasteiger partial charge on any atom is 0.0517 e. The number of benzene rings is 1. The molecule has 4 atom stereocenters. The lowest BCUT2D eigenvalue weighted by Gasteiger charge is -2.18. The van der Waals surface area contributed by atoms with Crippen molar-refractivity contribution in [3.8, 4) is 0 Å². The molecule has 1 N–H and O–H groups in total. The van der Waals surface area contributed by atoms with Crippen LogP contribution in [0.3, 0.4) is 0 Å². The maximum absolute atomic E-state index is 9.50. The molecule has 0 radical (unpaired) electrons. The molecule has 1 fully saturated rings. The summed E-state index contributed by atoms with van der Waals surface area (Å²) in [5, 5.41) is 9.50. The van der Waals surface area contributed by atoms with Crippen molar-refractivity contribution in [2.24, 2.45) is 11.3 Å². The first-order valence-corrected chi connectivity index (χ1v) is 6.26. The van der Waals surface area contributed by atoms with Gasteiger partial charge >= 0.3 is 0 Å². The Bertz CT molecular complexity index is 344. The van der Waals surface area contributed by atoms with E-state index in [1.165, 1.54) is 12.0 Å². The van der Waals surface area contributed by atoms with E-state index >= 15 is 0 Å². The van der Waals surface area contributed by atoms with Gasteiger partial charge in [-0.3, -0.25) is 0 Å². The van der Waals surface area contributed by atoms with E-state index in [4.69, 9.17) is 0 Å². The molecule has 0 saturated heterocycles. The molecule has 1 saturated carbocycles. The second kappa shape index (κ2) is 4.21. The maximum atomic E-state index is 9.50. The van der Waals surface area contributed by atoms with Gasteiger partial charge in [-0.15, -0.1) is 0 Å². The average Bonchev–Trinajstić information content (AvgIpc) is 2.89. The van der Waals surface area contributed by atoms with Gasteiger partial charge in [0, 0.05) is 0 Å². The third kappa shape index (κ3) is 2.30. The minimum atomic E-state index is -0.169. The second-order valence-corrected chi connectivity index (χ2v) is 5.72. The normalized spacial score (nSPS) is 32.1. The summed E-state index contributed by atoms with van der Waals surface area (Å²) in [6, 6.07) is 10.7. The fourth-order valence-electron chi connectivity index (χ4n) is 3.12. The van der Waals surface area contributed by atoms with Crippen molar-refractivity contribution in [2.45, 2.75) is 45.6 Å². The Balaban J connectivity index is 2.01. The molecule has 1 heteroatoms. The highest BCUT2D eigenvalue weighted by Gasteiger charge is 2.52. The van der Waals surface area contributed by atoms with Crippen molar-refractivity contribution < 1.29 is 5.11 Å². The minimum Gasteiger partial charge on any atom is -0.393 e. The summed E-state index contributed by atoms with van der Waals surface area (Å²) in [5.74, 6) is 1.36. The van der Waals surface area contributed by atoms with E-state index in [0.717, 1.165) is 12.3 Å². The van der Waals surface area contributed by atoms with E-state index in [9.17, 15) is 5.11 Å². The second-order valence-electron chi connectivity index (χ2n) is 5.72. The summed E-state index contributed by atoms with van der Waals surface area (Å²) >= 11 is 0. The predicted octanol–water partition coefficient (Wildman–Crippen LogP) is 3.59. The minimum absolute atomic E-state index is 0.169. The van der Waals surface area contributed by atoms with Gasteiger partial charge in [0.25, 0.3) is 0 Å². The van der Waals surface area contributed by atoms with Gasteiger partial charge in [0.1, 0.15) is 0 Å². The van der Waals surface area contributed by atoms with Crippen LogP contribution in [-0.2, 0) is 0 Å². The summed E-state index contributed by atoms with van der Waals surface area (Å²) < 4.78 is 0. The first-order valence-electron chi connectivity index (χ1n) is 6.26. The number of rotatable bonds is 4. The van der Waals surface area contributed by atoms with E-state index in [-0.39, 0.29) is 6.10 Å². The van der Waals surface area contributed by atoms with Crippen molar-refractivity contribution in [3.05, 3.63) is 35.9 Å². The third-order valence-corrected chi connectivity index (χ3v) is 4.11.